The van der Waals surface area contributed by atoms with Crippen LogP contribution in [0.5, 0.6) is 0 Å². The third-order valence-corrected chi connectivity index (χ3v) is 4.66. The molecule has 14 N–H and O–H groups in total. The van der Waals surface area contributed by atoms with Gasteiger partial charge in [-0.05, 0) is 26.7 Å². The molecule has 17 heteroatoms. The second kappa shape index (κ2) is 16.2. The number of aliphatic carboxylic acids is 1. The van der Waals surface area contributed by atoms with Crippen LogP contribution in [0.4, 0.5) is 0 Å². The molecule has 0 bridgehead atoms. The van der Waals surface area contributed by atoms with Gasteiger partial charge >= 0.3 is 5.97 Å². The van der Waals surface area contributed by atoms with Crippen LogP contribution in [0.1, 0.15) is 26.7 Å². The van der Waals surface area contributed by atoms with E-state index in [0.29, 0.717) is 0 Å². The highest BCUT2D eigenvalue weighted by Crippen LogP contribution is 2.03. The van der Waals surface area contributed by atoms with Crippen LogP contribution in [-0.4, -0.2) is 112 Å². The number of nitrogens with zero attached hydrogens (tertiary/aromatic N) is 1. The average molecular weight is 521 g/mol. The van der Waals surface area contributed by atoms with Gasteiger partial charge in [0.2, 0.25) is 23.6 Å². The van der Waals surface area contributed by atoms with Crippen LogP contribution in [-0.2, 0) is 24.0 Å². The molecule has 0 aliphatic rings. The predicted octanol–water partition coefficient (Wildman–Crippen LogP) is -6.22. The van der Waals surface area contributed by atoms with E-state index in [-0.39, 0.29) is 25.3 Å². The summed E-state index contributed by atoms with van der Waals surface area (Å²) in [7, 11) is 0. The molecule has 0 fully saturated rings. The number of aliphatic hydroxyl groups is 3. The molecular weight excluding hydrogens is 484 g/mol. The third kappa shape index (κ3) is 12.2. The highest BCUT2D eigenvalue weighted by molar-refractivity contribution is 5.94. The van der Waals surface area contributed by atoms with Gasteiger partial charge in [0.1, 0.15) is 18.1 Å². The van der Waals surface area contributed by atoms with Gasteiger partial charge in [-0.2, -0.15) is 0 Å². The minimum absolute atomic E-state index is 0.0297. The molecule has 0 aliphatic heterocycles. The summed E-state index contributed by atoms with van der Waals surface area (Å²) in [6.07, 6.45) is -2.80. The van der Waals surface area contributed by atoms with E-state index in [4.69, 9.17) is 27.4 Å². The highest BCUT2D eigenvalue weighted by atomic mass is 16.4. The number of nitrogens with two attached hydrogens (primary N) is 3. The molecule has 0 aliphatic carbocycles. The van der Waals surface area contributed by atoms with Crippen LogP contribution in [0.25, 0.3) is 0 Å². The van der Waals surface area contributed by atoms with E-state index in [2.05, 4.69) is 20.9 Å². The number of aliphatic hydroxyl groups excluding tert-OH is 3. The van der Waals surface area contributed by atoms with Crippen molar-refractivity contribution in [2.45, 2.75) is 63.1 Å². The van der Waals surface area contributed by atoms with E-state index < -0.39 is 79.1 Å². The number of carboxylic acid groups (broad SMARTS) is 1. The molecular formula is C19H36N8O9. The maximum Gasteiger partial charge on any atom is 0.328 e. The molecule has 0 rings (SSSR count). The molecule has 0 radical (unpaired) electrons. The van der Waals surface area contributed by atoms with Crippen molar-refractivity contribution in [1.82, 2.24) is 21.3 Å². The molecule has 0 unspecified atom stereocenters. The third-order valence-electron chi connectivity index (χ3n) is 4.66. The van der Waals surface area contributed by atoms with Crippen LogP contribution in [0.3, 0.4) is 0 Å². The summed E-state index contributed by atoms with van der Waals surface area (Å²) in [6.45, 7) is 1.15. The van der Waals surface area contributed by atoms with Gasteiger partial charge < -0.3 is 58.9 Å². The summed E-state index contributed by atoms with van der Waals surface area (Å²) in [5, 5.41) is 46.3. The van der Waals surface area contributed by atoms with Crippen molar-refractivity contribution in [1.29, 1.82) is 0 Å². The SMILES string of the molecule is C[C@@H](O)[C@H](NC(=O)[C@@H](NC(=O)[C@H](CCCN=C(N)N)NC(=O)CNC(=O)[C@@H](N)CO)[C@@H](C)O)C(=O)O. The molecule has 0 aromatic heterocycles. The van der Waals surface area contributed by atoms with Crippen LogP contribution in [0.2, 0.25) is 0 Å². The molecule has 0 spiro atoms. The van der Waals surface area contributed by atoms with E-state index in [1.165, 1.54) is 0 Å². The molecule has 206 valence electrons. The number of aliphatic imine (C=N–C) groups is 1. The lowest BCUT2D eigenvalue weighted by Gasteiger charge is -2.26. The Morgan fingerprint density at radius 3 is 1.92 bits per heavy atom. The number of carbonyl (C=O) groups is 5. The topological polar surface area (TPSA) is 305 Å². The maximum atomic E-state index is 12.9. The van der Waals surface area contributed by atoms with Gasteiger partial charge in [-0.1, -0.05) is 0 Å². The van der Waals surface area contributed by atoms with Crippen molar-refractivity contribution >= 4 is 35.6 Å². The minimum Gasteiger partial charge on any atom is -0.480 e. The van der Waals surface area contributed by atoms with Crippen molar-refractivity contribution in [3.8, 4) is 0 Å². The summed E-state index contributed by atoms with van der Waals surface area (Å²) < 4.78 is 0. The number of carbonyl (C=O) groups excluding carboxylic acids is 4. The van der Waals surface area contributed by atoms with Crippen molar-refractivity contribution < 1.29 is 44.4 Å². The molecule has 0 saturated carbocycles. The zero-order valence-electron chi connectivity index (χ0n) is 20.0. The minimum atomic E-state index is -1.71. The lowest BCUT2D eigenvalue weighted by Crippen LogP contribution is -2.60. The number of hydrogen-bond donors (Lipinski definition) is 11. The Morgan fingerprint density at radius 1 is 0.889 bits per heavy atom. The molecule has 0 aromatic rings. The van der Waals surface area contributed by atoms with E-state index in [1.54, 1.807) is 0 Å². The van der Waals surface area contributed by atoms with Gasteiger partial charge in [0.05, 0.1) is 25.4 Å². The second-order valence-electron chi connectivity index (χ2n) is 7.87. The maximum absolute atomic E-state index is 12.9. The fraction of sp³-hybridized carbons (Fsp3) is 0.684. The van der Waals surface area contributed by atoms with Crippen LogP contribution in [0.15, 0.2) is 4.99 Å². The zero-order valence-corrected chi connectivity index (χ0v) is 20.0. The van der Waals surface area contributed by atoms with Gasteiger partial charge in [-0.3, -0.25) is 24.2 Å². The monoisotopic (exact) mass is 520 g/mol. The predicted molar refractivity (Wildman–Crippen MR) is 125 cm³/mol. The molecule has 0 heterocycles. The molecule has 17 nitrogen and oxygen atoms in total. The number of carboxylic acids is 1. The number of amides is 4. The van der Waals surface area contributed by atoms with Gasteiger partial charge in [0, 0.05) is 6.54 Å². The van der Waals surface area contributed by atoms with Crippen molar-refractivity contribution in [2.75, 3.05) is 19.7 Å². The van der Waals surface area contributed by atoms with E-state index >= 15 is 0 Å². The van der Waals surface area contributed by atoms with Crippen LogP contribution < -0.4 is 38.5 Å². The first-order valence-corrected chi connectivity index (χ1v) is 10.9. The lowest BCUT2D eigenvalue weighted by atomic mass is 10.1. The fourth-order valence-corrected chi connectivity index (χ4v) is 2.69. The van der Waals surface area contributed by atoms with Gasteiger partial charge in [0.25, 0.3) is 0 Å². The van der Waals surface area contributed by atoms with Gasteiger partial charge in [-0.15, -0.1) is 0 Å². The highest BCUT2D eigenvalue weighted by Gasteiger charge is 2.33. The van der Waals surface area contributed by atoms with Crippen LogP contribution >= 0.6 is 0 Å². The smallest absolute Gasteiger partial charge is 0.328 e. The normalized spacial score (nSPS) is 15.7. The zero-order chi connectivity index (χ0) is 28.0. The van der Waals surface area contributed by atoms with Gasteiger partial charge in [0.15, 0.2) is 12.0 Å². The summed E-state index contributed by atoms with van der Waals surface area (Å²) in [5.74, 6) is -5.37. The largest absolute Gasteiger partial charge is 0.480 e. The summed E-state index contributed by atoms with van der Waals surface area (Å²) in [5.41, 5.74) is 15.8. The first-order valence-electron chi connectivity index (χ1n) is 10.9. The van der Waals surface area contributed by atoms with Crippen molar-refractivity contribution in [3.05, 3.63) is 0 Å². The first-order chi connectivity index (χ1) is 16.7. The standard InChI is InChI=1S/C19H36N8O9/c1-8(29)13(17(34)27-14(9(2)30)18(35)36)26-16(33)11(4-3-5-23-19(21)22)25-12(31)6-24-15(32)10(20)7-28/h8-11,13-14,28-30H,3-7,20H2,1-2H3,(H,24,32)(H,25,31)(H,26,33)(H,27,34)(H,35,36)(H4,21,22,23)/t8-,9-,10+,11+,13+,14+/m1/s1. The number of nitrogens with one attached hydrogen (secondary N) is 4. The Balaban J connectivity index is 5.46. The summed E-state index contributed by atoms with van der Waals surface area (Å²) in [6, 6.07) is -5.88. The summed E-state index contributed by atoms with van der Waals surface area (Å²) in [4.78, 5) is 64.3. The Morgan fingerprint density at radius 2 is 1.44 bits per heavy atom. The van der Waals surface area contributed by atoms with Gasteiger partial charge in [-0.25, -0.2) is 4.79 Å². The quantitative estimate of drug-likeness (QED) is 0.0514. The lowest BCUT2D eigenvalue weighted by molar-refractivity contribution is -0.146. The molecule has 36 heavy (non-hydrogen) atoms. The first kappa shape index (κ1) is 32.5. The number of rotatable bonds is 16. The molecule has 0 aromatic carbocycles. The van der Waals surface area contributed by atoms with E-state index in [1.807, 2.05) is 5.32 Å². The Kier molecular flexibility index (Phi) is 14.6. The average Bonchev–Trinajstić information content (AvgIpc) is 2.79. The van der Waals surface area contributed by atoms with Crippen LogP contribution in [0, 0.1) is 0 Å². The second-order valence-corrected chi connectivity index (χ2v) is 7.87. The fourth-order valence-electron chi connectivity index (χ4n) is 2.69. The van der Waals surface area contributed by atoms with Crippen molar-refractivity contribution in [2.24, 2.45) is 22.2 Å². The molecule has 6 atom stereocenters. The van der Waals surface area contributed by atoms with Crippen molar-refractivity contribution in [3.63, 3.8) is 0 Å². The number of guanidine groups is 1. The molecule has 0 saturated heterocycles. The Labute approximate surface area is 206 Å². The summed E-state index contributed by atoms with van der Waals surface area (Å²) >= 11 is 0. The Bertz CT molecular complexity index is 802. The number of hydrogen-bond acceptors (Lipinski definition) is 10. The van der Waals surface area contributed by atoms with E-state index in [9.17, 15) is 34.2 Å². The van der Waals surface area contributed by atoms with E-state index in [0.717, 1.165) is 13.8 Å². The Hall–Kier alpha value is -3.54. The molecule has 4 amide bonds.